The molecular formula is C10H18N2O2. The van der Waals surface area contributed by atoms with E-state index in [1.165, 1.54) is 0 Å². The molecule has 4 heteroatoms. The van der Waals surface area contributed by atoms with Gasteiger partial charge in [0.25, 0.3) is 0 Å². The van der Waals surface area contributed by atoms with E-state index in [4.69, 9.17) is 20.5 Å². The van der Waals surface area contributed by atoms with Crippen molar-refractivity contribution in [3.05, 3.63) is 0 Å². The minimum absolute atomic E-state index is 0.0136. The molecule has 0 spiro atoms. The summed E-state index contributed by atoms with van der Waals surface area (Å²) in [5.41, 5.74) is 5.48. The molecule has 0 bridgehead atoms. The molecule has 0 aromatic heterocycles. The van der Waals surface area contributed by atoms with Gasteiger partial charge in [-0.05, 0) is 26.8 Å². The van der Waals surface area contributed by atoms with Gasteiger partial charge in [0.15, 0.2) is 5.79 Å². The van der Waals surface area contributed by atoms with Crippen molar-refractivity contribution in [1.82, 2.24) is 0 Å². The molecule has 1 fully saturated rings. The average molecular weight is 198 g/mol. The highest BCUT2D eigenvalue weighted by Crippen LogP contribution is 2.29. The molecule has 0 radical (unpaired) electrons. The molecule has 1 aliphatic heterocycles. The number of nitrogens with zero attached hydrogens (tertiary/aromatic N) is 1. The van der Waals surface area contributed by atoms with Gasteiger partial charge in [-0.3, -0.25) is 0 Å². The fourth-order valence-electron chi connectivity index (χ4n) is 1.81. The van der Waals surface area contributed by atoms with E-state index in [9.17, 15) is 0 Å². The molecule has 14 heavy (non-hydrogen) atoms. The van der Waals surface area contributed by atoms with Crippen LogP contribution in [0.15, 0.2) is 0 Å². The largest absolute Gasteiger partial charge is 0.347 e. The van der Waals surface area contributed by atoms with Crippen molar-refractivity contribution in [2.75, 3.05) is 6.54 Å². The fourth-order valence-corrected chi connectivity index (χ4v) is 1.81. The first-order valence-corrected chi connectivity index (χ1v) is 5.00. The summed E-state index contributed by atoms with van der Waals surface area (Å²) in [6.45, 7) is 4.36. The highest BCUT2D eigenvalue weighted by Gasteiger charge is 2.34. The molecule has 4 nitrogen and oxygen atoms in total. The van der Waals surface area contributed by atoms with Crippen LogP contribution in [0.2, 0.25) is 0 Å². The highest BCUT2D eigenvalue weighted by molar-refractivity contribution is 4.83. The monoisotopic (exact) mass is 198 g/mol. The van der Waals surface area contributed by atoms with E-state index in [-0.39, 0.29) is 12.2 Å². The van der Waals surface area contributed by atoms with Gasteiger partial charge in [-0.15, -0.1) is 0 Å². The zero-order valence-electron chi connectivity index (χ0n) is 8.82. The summed E-state index contributed by atoms with van der Waals surface area (Å²) in [4.78, 5) is 0. The van der Waals surface area contributed by atoms with Crippen molar-refractivity contribution >= 4 is 0 Å². The Labute approximate surface area is 85.0 Å². The Bertz CT molecular complexity index is 223. The van der Waals surface area contributed by atoms with Gasteiger partial charge in [-0.1, -0.05) is 0 Å². The van der Waals surface area contributed by atoms with Gasteiger partial charge in [0.2, 0.25) is 0 Å². The predicted octanol–water partition coefficient (Wildman–Crippen LogP) is 1.16. The molecule has 2 unspecified atom stereocenters. The summed E-state index contributed by atoms with van der Waals surface area (Å²) < 4.78 is 11.3. The maximum absolute atomic E-state index is 8.61. The summed E-state index contributed by atoms with van der Waals surface area (Å²) in [5, 5.41) is 8.61. The second-order valence-corrected chi connectivity index (χ2v) is 4.05. The zero-order valence-corrected chi connectivity index (χ0v) is 8.82. The van der Waals surface area contributed by atoms with E-state index in [0.717, 1.165) is 12.8 Å². The molecule has 80 valence electrons. The molecule has 1 heterocycles. The lowest BCUT2D eigenvalue weighted by Gasteiger charge is -2.40. The van der Waals surface area contributed by atoms with Crippen LogP contribution in [0.1, 0.15) is 33.1 Å². The Morgan fingerprint density at radius 1 is 1.43 bits per heavy atom. The summed E-state index contributed by atoms with van der Waals surface area (Å²) in [6.07, 6.45) is 2.14. The third-order valence-electron chi connectivity index (χ3n) is 2.23. The number of hydrogen-bond donors (Lipinski definition) is 1. The lowest BCUT2D eigenvalue weighted by atomic mass is 10.0. The smallest absolute Gasteiger partial charge is 0.163 e. The van der Waals surface area contributed by atoms with Crippen molar-refractivity contribution in [3.63, 3.8) is 0 Å². The Kier molecular flexibility index (Phi) is 3.87. The second-order valence-electron chi connectivity index (χ2n) is 4.05. The van der Waals surface area contributed by atoms with Gasteiger partial charge < -0.3 is 15.2 Å². The summed E-state index contributed by atoms with van der Waals surface area (Å²) in [6, 6.07) is 2.13. The SMILES string of the molecule is CC1(C)OC(CC#N)CC(CCN)O1. The number of nitriles is 1. The number of hydrogen-bond acceptors (Lipinski definition) is 4. The topological polar surface area (TPSA) is 68.3 Å². The molecule has 2 atom stereocenters. The van der Waals surface area contributed by atoms with Crippen LogP contribution in [0.5, 0.6) is 0 Å². The molecule has 0 saturated carbocycles. The first kappa shape index (κ1) is 11.4. The Morgan fingerprint density at radius 3 is 2.64 bits per heavy atom. The van der Waals surface area contributed by atoms with E-state index in [1.54, 1.807) is 0 Å². The van der Waals surface area contributed by atoms with Crippen molar-refractivity contribution in [2.24, 2.45) is 5.73 Å². The van der Waals surface area contributed by atoms with Crippen LogP contribution in [0.3, 0.4) is 0 Å². The summed E-state index contributed by atoms with van der Waals surface area (Å²) in [5.74, 6) is -0.584. The van der Waals surface area contributed by atoms with Crippen LogP contribution in [-0.2, 0) is 9.47 Å². The Morgan fingerprint density at radius 2 is 2.07 bits per heavy atom. The van der Waals surface area contributed by atoms with Crippen LogP contribution >= 0.6 is 0 Å². The van der Waals surface area contributed by atoms with Crippen LogP contribution in [0.4, 0.5) is 0 Å². The molecular weight excluding hydrogens is 180 g/mol. The molecule has 1 rings (SSSR count). The average Bonchev–Trinajstić information content (AvgIpc) is 2.01. The van der Waals surface area contributed by atoms with Crippen molar-refractivity contribution in [3.8, 4) is 6.07 Å². The second kappa shape index (κ2) is 4.74. The Balaban J connectivity index is 2.53. The maximum atomic E-state index is 8.61. The van der Waals surface area contributed by atoms with E-state index in [2.05, 4.69) is 6.07 Å². The standard InChI is InChI=1S/C10H18N2O2/c1-10(2)13-8(3-5-11)7-9(14-10)4-6-12/h8-9H,3-5,7,11H2,1-2H3. The summed E-state index contributed by atoms with van der Waals surface area (Å²) >= 11 is 0. The van der Waals surface area contributed by atoms with Gasteiger partial charge >= 0.3 is 0 Å². The molecule has 2 N–H and O–H groups in total. The fraction of sp³-hybridized carbons (Fsp3) is 0.900. The molecule has 0 amide bonds. The van der Waals surface area contributed by atoms with Gasteiger partial charge in [0.05, 0.1) is 24.7 Å². The van der Waals surface area contributed by atoms with Crippen molar-refractivity contribution < 1.29 is 9.47 Å². The molecule has 0 aromatic rings. The van der Waals surface area contributed by atoms with E-state index in [1.807, 2.05) is 13.8 Å². The molecule has 1 aliphatic rings. The maximum Gasteiger partial charge on any atom is 0.163 e. The number of ether oxygens (including phenoxy) is 2. The van der Waals surface area contributed by atoms with E-state index in [0.29, 0.717) is 13.0 Å². The molecule has 1 saturated heterocycles. The summed E-state index contributed by atoms with van der Waals surface area (Å²) in [7, 11) is 0. The highest BCUT2D eigenvalue weighted by atomic mass is 16.7. The first-order chi connectivity index (χ1) is 6.57. The van der Waals surface area contributed by atoms with Crippen LogP contribution < -0.4 is 5.73 Å². The normalized spacial score (nSPS) is 31.0. The van der Waals surface area contributed by atoms with Crippen molar-refractivity contribution in [1.29, 1.82) is 5.26 Å². The van der Waals surface area contributed by atoms with E-state index < -0.39 is 5.79 Å². The van der Waals surface area contributed by atoms with E-state index >= 15 is 0 Å². The lowest BCUT2D eigenvalue weighted by molar-refractivity contribution is -0.298. The number of nitrogens with two attached hydrogens (primary N) is 1. The first-order valence-electron chi connectivity index (χ1n) is 5.00. The van der Waals surface area contributed by atoms with Gasteiger partial charge in [-0.2, -0.15) is 5.26 Å². The predicted molar refractivity (Wildman–Crippen MR) is 52.3 cm³/mol. The minimum Gasteiger partial charge on any atom is -0.347 e. The van der Waals surface area contributed by atoms with Crippen LogP contribution in [0.25, 0.3) is 0 Å². The minimum atomic E-state index is -0.584. The van der Waals surface area contributed by atoms with Gasteiger partial charge in [-0.25, -0.2) is 0 Å². The zero-order chi connectivity index (χ0) is 10.6. The third-order valence-corrected chi connectivity index (χ3v) is 2.23. The van der Waals surface area contributed by atoms with Crippen molar-refractivity contribution in [2.45, 2.75) is 51.1 Å². The third kappa shape index (κ3) is 3.26. The molecule has 0 aromatic carbocycles. The van der Waals surface area contributed by atoms with Crippen LogP contribution in [0, 0.1) is 11.3 Å². The Hall–Kier alpha value is -0.630. The lowest BCUT2D eigenvalue weighted by Crippen LogP contribution is -2.45. The van der Waals surface area contributed by atoms with Gasteiger partial charge in [0, 0.05) is 6.42 Å². The number of rotatable bonds is 3. The molecule has 0 aliphatic carbocycles. The quantitative estimate of drug-likeness (QED) is 0.738. The van der Waals surface area contributed by atoms with Gasteiger partial charge in [0.1, 0.15) is 0 Å². The van der Waals surface area contributed by atoms with Crippen LogP contribution in [-0.4, -0.2) is 24.5 Å².